The van der Waals surface area contributed by atoms with Crippen LogP contribution in [-0.4, -0.2) is 55.0 Å². The Bertz CT molecular complexity index is 846. The van der Waals surface area contributed by atoms with Crippen molar-refractivity contribution in [2.24, 2.45) is 0 Å². The number of hydrogen-bond acceptors (Lipinski definition) is 5. The zero-order valence-corrected chi connectivity index (χ0v) is 15.3. The summed E-state index contributed by atoms with van der Waals surface area (Å²) in [6, 6.07) is 6.82. The van der Waals surface area contributed by atoms with Crippen molar-refractivity contribution in [1.82, 2.24) is 14.6 Å². The first kappa shape index (κ1) is 19.6. The number of aromatic nitrogens is 1. The van der Waals surface area contributed by atoms with Crippen molar-refractivity contribution in [2.75, 3.05) is 26.2 Å². The molecule has 1 aliphatic rings. The van der Waals surface area contributed by atoms with E-state index < -0.39 is 16.0 Å². The van der Waals surface area contributed by atoms with E-state index in [0.29, 0.717) is 40.5 Å². The van der Waals surface area contributed by atoms with Crippen molar-refractivity contribution in [3.05, 3.63) is 35.6 Å². The van der Waals surface area contributed by atoms with Gasteiger partial charge in [0.25, 0.3) is 5.97 Å². The first-order chi connectivity index (χ1) is 11.8. The topological polar surface area (TPSA) is 99.6 Å². The summed E-state index contributed by atoms with van der Waals surface area (Å²) in [6.07, 6.45) is 2.35. The largest absolute Gasteiger partial charge is 0.481 e. The average Bonchev–Trinajstić information content (AvgIpc) is 2.84. The molecule has 25 heavy (non-hydrogen) atoms. The number of rotatable bonds is 2. The van der Waals surface area contributed by atoms with E-state index in [0.717, 1.165) is 19.9 Å². The van der Waals surface area contributed by atoms with Crippen molar-refractivity contribution >= 4 is 38.4 Å². The Hall–Kier alpha value is -1.74. The lowest BCUT2D eigenvalue weighted by molar-refractivity contribution is -0.134. The second kappa shape index (κ2) is 8.57. The molecule has 7 nitrogen and oxygen atoms in total. The molecule has 1 aromatic carbocycles. The zero-order chi connectivity index (χ0) is 18.4. The van der Waals surface area contributed by atoms with Gasteiger partial charge >= 0.3 is 0 Å². The standard InChI is InChI=1S/C14H16ClN3O2S.C2H4O2/c15-14-12-3-1-4-13(11(12)5-7-17-14)21(19,20)18-9-2-6-16-8-10-18;1-2(3)4/h1,3-5,7,16H,2,6,8-10H2;1H3,(H,3,4). The molecule has 2 N–H and O–H groups in total. The van der Waals surface area contributed by atoms with Crippen LogP contribution in [0.2, 0.25) is 5.15 Å². The maximum Gasteiger partial charge on any atom is 0.300 e. The van der Waals surface area contributed by atoms with Crippen LogP contribution in [0.3, 0.4) is 0 Å². The van der Waals surface area contributed by atoms with Gasteiger partial charge in [0.1, 0.15) is 5.15 Å². The van der Waals surface area contributed by atoms with Gasteiger partial charge in [-0.05, 0) is 25.1 Å². The van der Waals surface area contributed by atoms with Crippen LogP contribution in [0.5, 0.6) is 0 Å². The van der Waals surface area contributed by atoms with E-state index in [1.54, 1.807) is 24.3 Å². The minimum atomic E-state index is -3.52. The molecule has 0 saturated carbocycles. The molecule has 0 atom stereocenters. The lowest BCUT2D eigenvalue weighted by Crippen LogP contribution is -2.34. The molecule has 3 rings (SSSR count). The van der Waals surface area contributed by atoms with E-state index >= 15 is 0 Å². The molecule has 1 saturated heterocycles. The third kappa shape index (κ3) is 4.88. The number of nitrogens with zero attached hydrogens (tertiary/aromatic N) is 2. The van der Waals surface area contributed by atoms with Crippen LogP contribution in [0.1, 0.15) is 13.3 Å². The molecule has 2 aromatic rings. The summed E-state index contributed by atoms with van der Waals surface area (Å²) >= 11 is 6.06. The van der Waals surface area contributed by atoms with Gasteiger partial charge in [-0.15, -0.1) is 0 Å². The lowest BCUT2D eigenvalue weighted by atomic mass is 10.2. The molecule has 0 bridgehead atoms. The second-order valence-electron chi connectivity index (χ2n) is 5.48. The number of carbonyl (C=O) groups is 1. The number of fused-ring (bicyclic) bond motifs is 1. The lowest BCUT2D eigenvalue weighted by Gasteiger charge is -2.20. The van der Waals surface area contributed by atoms with Gasteiger partial charge in [-0.1, -0.05) is 23.7 Å². The molecule has 9 heteroatoms. The van der Waals surface area contributed by atoms with Crippen LogP contribution in [0.4, 0.5) is 0 Å². The summed E-state index contributed by atoms with van der Waals surface area (Å²) in [5, 5.41) is 12.2. The van der Waals surface area contributed by atoms with Crippen molar-refractivity contribution in [3.63, 3.8) is 0 Å². The highest BCUT2D eigenvalue weighted by Crippen LogP contribution is 2.29. The number of hydrogen-bond donors (Lipinski definition) is 2. The Morgan fingerprint density at radius 1 is 1.24 bits per heavy atom. The summed E-state index contributed by atoms with van der Waals surface area (Å²) in [6.45, 7) is 3.62. The van der Waals surface area contributed by atoms with Crippen LogP contribution >= 0.6 is 11.6 Å². The predicted molar refractivity (Wildman–Crippen MR) is 96.3 cm³/mol. The molecule has 0 spiro atoms. The van der Waals surface area contributed by atoms with Crippen molar-refractivity contribution < 1.29 is 18.3 Å². The minimum absolute atomic E-state index is 0.297. The van der Waals surface area contributed by atoms with E-state index in [-0.39, 0.29) is 0 Å². The normalized spacial score (nSPS) is 15.9. The first-order valence-electron chi connectivity index (χ1n) is 7.77. The van der Waals surface area contributed by atoms with E-state index in [1.165, 1.54) is 10.5 Å². The van der Waals surface area contributed by atoms with Crippen molar-refractivity contribution in [3.8, 4) is 0 Å². The molecule has 0 unspecified atom stereocenters. The SMILES string of the molecule is CC(=O)O.O=S(=O)(c1cccc2c(Cl)nccc12)N1CCCNCC1. The third-order valence-corrected chi connectivity index (χ3v) is 5.89. The summed E-state index contributed by atoms with van der Waals surface area (Å²) < 4.78 is 27.3. The average molecular weight is 386 g/mol. The molecule has 1 aromatic heterocycles. The van der Waals surface area contributed by atoms with Gasteiger partial charge in [-0.2, -0.15) is 4.31 Å². The fourth-order valence-electron chi connectivity index (χ4n) is 2.57. The van der Waals surface area contributed by atoms with Crippen LogP contribution in [0.15, 0.2) is 35.4 Å². The molecular weight excluding hydrogens is 366 g/mol. The smallest absolute Gasteiger partial charge is 0.300 e. The summed E-state index contributed by atoms with van der Waals surface area (Å²) in [5.74, 6) is -0.833. The Balaban J connectivity index is 0.000000511. The van der Waals surface area contributed by atoms with Gasteiger partial charge in [-0.25, -0.2) is 13.4 Å². The Morgan fingerprint density at radius 3 is 2.68 bits per heavy atom. The van der Waals surface area contributed by atoms with Gasteiger partial charge in [0.05, 0.1) is 4.90 Å². The molecule has 136 valence electrons. The highest BCUT2D eigenvalue weighted by molar-refractivity contribution is 7.89. The fraction of sp³-hybridized carbons (Fsp3) is 0.375. The monoisotopic (exact) mass is 385 g/mol. The third-order valence-electron chi connectivity index (χ3n) is 3.63. The maximum absolute atomic E-state index is 12.9. The van der Waals surface area contributed by atoms with Crippen LogP contribution in [-0.2, 0) is 14.8 Å². The highest BCUT2D eigenvalue weighted by Gasteiger charge is 2.26. The number of sulfonamides is 1. The predicted octanol–water partition coefficient (Wildman–Crippen LogP) is 1.96. The Kier molecular flexibility index (Phi) is 6.71. The summed E-state index contributed by atoms with van der Waals surface area (Å²) in [4.78, 5) is 13.3. The molecule has 2 heterocycles. The number of nitrogens with one attached hydrogen (secondary N) is 1. The molecule has 0 aliphatic carbocycles. The molecule has 1 aliphatic heterocycles. The van der Waals surface area contributed by atoms with Crippen LogP contribution < -0.4 is 5.32 Å². The van der Waals surface area contributed by atoms with Gasteiger partial charge in [0.15, 0.2) is 0 Å². The van der Waals surface area contributed by atoms with E-state index in [4.69, 9.17) is 21.5 Å². The van der Waals surface area contributed by atoms with Gasteiger partial charge in [-0.3, -0.25) is 4.79 Å². The van der Waals surface area contributed by atoms with Crippen LogP contribution in [0.25, 0.3) is 10.8 Å². The quantitative estimate of drug-likeness (QED) is 0.766. The molecule has 1 fully saturated rings. The van der Waals surface area contributed by atoms with E-state index in [2.05, 4.69) is 10.3 Å². The van der Waals surface area contributed by atoms with Crippen molar-refractivity contribution in [1.29, 1.82) is 0 Å². The van der Waals surface area contributed by atoms with E-state index in [1.807, 2.05) is 0 Å². The second-order valence-corrected chi connectivity index (χ2v) is 7.74. The maximum atomic E-state index is 12.9. The molecule has 0 radical (unpaired) electrons. The van der Waals surface area contributed by atoms with Gasteiger partial charge < -0.3 is 10.4 Å². The Labute approximate surface area is 151 Å². The van der Waals surface area contributed by atoms with Gasteiger partial charge in [0, 0.05) is 43.5 Å². The fourth-order valence-corrected chi connectivity index (χ4v) is 4.47. The zero-order valence-electron chi connectivity index (χ0n) is 13.8. The number of aliphatic carboxylic acids is 1. The number of halogens is 1. The summed E-state index contributed by atoms with van der Waals surface area (Å²) in [5.41, 5.74) is 0. The number of carboxylic acid groups (broad SMARTS) is 1. The molecule has 0 amide bonds. The minimum Gasteiger partial charge on any atom is -0.481 e. The van der Waals surface area contributed by atoms with Gasteiger partial charge in [0.2, 0.25) is 10.0 Å². The highest BCUT2D eigenvalue weighted by atomic mass is 35.5. The first-order valence-corrected chi connectivity index (χ1v) is 9.59. The Morgan fingerprint density at radius 2 is 1.96 bits per heavy atom. The molecular formula is C16H20ClN3O4S. The van der Waals surface area contributed by atoms with Crippen molar-refractivity contribution in [2.45, 2.75) is 18.2 Å². The number of benzene rings is 1. The summed E-state index contributed by atoms with van der Waals surface area (Å²) in [7, 11) is -3.52. The number of carboxylic acids is 1. The van der Waals surface area contributed by atoms with Crippen LogP contribution in [0, 0.1) is 0 Å². The number of pyridine rings is 1. The van der Waals surface area contributed by atoms with E-state index in [9.17, 15) is 8.42 Å².